The number of hydrogen-bond acceptors (Lipinski definition) is 5. The summed E-state index contributed by atoms with van der Waals surface area (Å²) in [5, 5.41) is 0.710. The van der Waals surface area contributed by atoms with Crippen LogP contribution in [0.25, 0.3) is 0 Å². The van der Waals surface area contributed by atoms with Crippen LogP contribution in [0.15, 0.2) is 30.6 Å². The molecule has 0 spiro atoms. The molecule has 5 rings (SSSR count). The van der Waals surface area contributed by atoms with Crippen molar-refractivity contribution >= 4 is 23.3 Å². The Kier molecular flexibility index (Phi) is 6.33. The van der Waals surface area contributed by atoms with Crippen molar-refractivity contribution < 1.29 is 4.79 Å². The quantitative estimate of drug-likeness (QED) is 0.690. The average molecular weight is 454 g/mol. The molecule has 2 aliphatic heterocycles. The van der Waals surface area contributed by atoms with Crippen LogP contribution in [0.1, 0.15) is 54.8 Å². The smallest absolute Gasteiger partial charge is 0.231 e. The summed E-state index contributed by atoms with van der Waals surface area (Å²) < 4.78 is 0. The maximum atomic E-state index is 13.7. The molecular formula is C25H32ClN5O. The Morgan fingerprint density at radius 3 is 2.50 bits per heavy atom. The lowest BCUT2D eigenvalue weighted by atomic mass is 9.96. The number of likely N-dealkylation sites (tertiary alicyclic amines) is 1. The number of piperazine rings is 1. The van der Waals surface area contributed by atoms with Crippen LogP contribution in [0.4, 0.5) is 5.82 Å². The van der Waals surface area contributed by atoms with Crippen molar-refractivity contribution in [3.63, 3.8) is 0 Å². The lowest BCUT2D eigenvalue weighted by molar-refractivity contribution is -0.133. The third kappa shape index (κ3) is 4.35. The molecule has 2 atom stereocenters. The molecule has 0 N–H and O–H groups in total. The van der Waals surface area contributed by atoms with Crippen LogP contribution in [-0.4, -0.2) is 71.5 Å². The van der Waals surface area contributed by atoms with Crippen molar-refractivity contribution in [2.45, 2.75) is 44.4 Å². The van der Waals surface area contributed by atoms with Gasteiger partial charge in [-0.05, 0) is 62.4 Å². The minimum atomic E-state index is -0.139. The van der Waals surface area contributed by atoms with Crippen molar-refractivity contribution in [3.05, 3.63) is 52.4 Å². The predicted octanol–water partition coefficient (Wildman–Crippen LogP) is 3.71. The topological polar surface area (TPSA) is 52.6 Å². The molecule has 0 unspecified atom stereocenters. The molecule has 3 aliphatic rings. The minimum Gasteiger partial charge on any atom is -0.353 e. The lowest BCUT2D eigenvalue weighted by Gasteiger charge is -2.38. The standard InChI is InChI=1S/C25H32ClN5O/c1-18-4-9-22-23(18)24(28-17-27-22)30-12-14-31(15-13-30)25(32)21(16-29-10-2-3-11-29)19-5-7-20(26)8-6-19/h5-8,17-18,21H,2-4,9-16H2,1H3/t18-,21-/m1/s1. The number of anilines is 1. The minimum absolute atomic E-state index is 0.139. The monoisotopic (exact) mass is 453 g/mol. The Balaban J connectivity index is 1.30. The van der Waals surface area contributed by atoms with E-state index in [1.807, 2.05) is 24.3 Å². The van der Waals surface area contributed by atoms with Gasteiger partial charge in [-0.3, -0.25) is 4.79 Å². The van der Waals surface area contributed by atoms with Crippen molar-refractivity contribution in [1.29, 1.82) is 0 Å². The van der Waals surface area contributed by atoms with Gasteiger partial charge in [-0.1, -0.05) is 30.7 Å². The number of aryl methyl sites for hydroxylation is 1. The van der Waals surface area contributed by atoms with Gasteiger partial charge in [-0.2, -0.15) is 0 Å². The third-order valence-corrected chi connectivity index (χ3v) is 7.61. The van der Waals surface area contributed by atoms with Gasteiger partial charge in [-0.25, -0.2) is 9.97 Å². The van der Waals surface area contributed by atoms with Gasteiger partial charge in [0.1, 0.15) is 12.1 Å². The molecule has 170 valence electrons. The molecule has 0 bridgehead atoms. The van der Waals surface area contributed by atoms with Crippen LogP contribution < -0.4 is 4.90 Å². The van der Waals surface area contributed by atoms with Gasteiger partial charge < -0.3 is 14.7 Å². The Hall–Kier alpha value is -2.18. The molecule has 32 heavy (non-hydrogen) atoms. The van der Waals surface area contributed by atoms with Crippen molar-refractivity contribution in [2.24, 2.45) is 0 Å². The van der Waals surface area contributed by atoms with E-state index in [0.29, 0.717) is 10.9 Å². The maximum absolute atomic E-state index is 13.7. The highest BCUT2D eigenvalue weighted by Gasteiger charge is 2.33. The lowest BCUT2D eigenvalue weighted by Crippen LogP contribution is -2.51. The molecule has 1 aliphatic carbocycles. The number of fused-ring (bicyclic) bond motifs is 1. The molecule has 1 aromatic heterocycles. The van der Waals surface area contributed by atoms with Crippen LogP contribution in [0.5, 0.6) is 0 Å². The van der Waals surface area contributed by atoms with E-state index in [2.05, 4.69) is 31.6 Å². The van der Waals surface area contributed by atoms with Gasteiger partial charge in [-0.15, -0.1) is 0 Å². The number of carbonyl (C=O) groups excluding carboxylic acids is 1. The van der Waals surface area contributed by atoms with Gasteiger partial charge in [0, 0.05) is 49.0 Å². The average Bonchev–Trinajstić information content (AvgIpc) is 3.48. The van der Waals surface area contributed by atoms with Crippen LogP contribution in [0, 0.1) is 0 Å². The van der Waals surface area contributed by atoms with E-state index in [1.54, 1.807) is 6.33 Å². The van der Waals surface area contributed by atoms with Crippen LogP contribution in [0.3, 0.4) is 0 Å². The second kappa shape index (κ2) is 9.36. The van der Waals surface area contributed by atoms with Crippen molar-refractivity contribution in [2.75, 3.05) is 50.7 Å². The van der Waals surface area contributed by atoms with Gasteiger partial charge in [0.15, 0.2) is 0 Å². The normalized spacial score (nSPS) is 22.2. The number of halogens is 1. The first-order valence-electron chi connectivity index (χ1n) is 12.0. The van der Waals surface area contributed by atoms with E-state index in [4.69, 9.17) is 11.6 Å². The first-order chi connectivity index (χ1) is 15.6. The van der Waals surface area contributed by atoms with Gasteiger partial charge in [0.25, 0.3) is 0 Å². The SMILES string of the molecule is C[C@@H]1CCc2ncnc(N3CCN(C(=O)[C@H](CN4CCCC4)c4ccc(Cl)cc4)CC3)c21. The molecule has 1 aromatic carbocycles. The summed E-state index contributed by atoms with van der Waals surface area (Å²) in [4.78, 5) is 29.7. The van der Waals surface area contributed by atoms with E-state index in [-0.39, 0.29) is 11.8 Å². The molecule has 2 fully saturated rings. The summed E-state index contributed by atoms with van der Waals surface area (Å²) in [7, 11) is 0. The highest BCUT2D eigenvalue weighted by Crippen LogP contribution is 2.37. The number of carbonyl (C=O) groups is 1. The maximum Gasteiger partial charge on any atom is 0.231 e. The molecule has 3 heterocycles. The Morgan fingerprint density at radius 2 is 1.78 bits per heavy atom. The number of hydrogen-bond donors (Lipinski definition) is 0. The summed E-state index contributed by atoms with van der Waals surface area (Å²) in [6.07, 6.45) is 6.35. The number of nitrogens with zero attached hydrogens (tertiary/aromatic N) is 5. The number of benzene rings is 1. The zero-order valence-electron chi connectivity index (χ0n) is 18.8. The van der Waals surface area contributed by atoms with Gasteiger partial charge in [0.05, 0.1) is 5.92 Å². The molecule has 0 radical (unpaired) electrons. The molecular weight excluding hydrogens is 422 g/mol. The van der Waals surface area contributed by atoms with E-state index in [0.717, 1.165) is 70.0 Å². The summed E-state index contributed by atoms with van der Waals surface area (Å²) in [5.41, 5.74) is 3.59. The zero-order chi connectivity index (χ0) is 22.1. The fourth-order valence-electron chi connectivity index (χ4n) is 5.48. The Morgan fingerprint density at radius 1 is 1.06 bits per heavy atom. The number of amides is 1. The molecule has 2 saturated heterocycles. The molecule has 6 nitrogen and oxygen atoms in total. The van der Waals surface area contributed by atoms with Crippen LogP contribution in [0.2, 0.25) is 5.02 Å². The highest BCUT2D eigenvalue weighted by molar-refractivity contribution is 6.30. The van der Waals surface area contributed by atoms with Gasteiger partial charge in [0.2, 0.25) is 5.91 Å². The zero-order valence-corrected chi connectivity index (χ0v) is 19.6. The summed E-state index contributed by atoms with van der Waals surface area (Å²) >= 11 is 6.12. The van der Waals surface area contributed by atoms with Crippen LogP contribution >= 0.6 is 11.6 Å². The predicted molar refractivity (Wildman–Crippen MR) is 127 cm³/mol. The van der Waals surface area contributed by atoms with E-state index in [1.165, 1.54) is 24.1 Å². The fraction of sp³-hybridized carbons (Fsp3) is 0.560. The summed E-state index contributed by atoms with van der Waals surface area (Å²) in [5.74, 6) is 1.69. The summed E-state index contributed by atoms with van der Waals surface area (Å²) in [6.45, 7) is 8.33. The molecule has 0 saturated carbocycles. The first kappa shape index (κ1) is 21.7. The van der Waals surface area contributed by atoms with Crippen LogP contribution in [-0.2, 0) is 11.2 Å². The third-order valence-electron chi connectivity index (χ3n) is 7.35. The Labute approximate surface area is 195 Å². The van der Waals surface area contributed by atoms with E-state index < -0.39 is 0 Å². The number of rotatable bonds is 5. The Bertz CT molecular complexity index is 951. The molecule has 1 amide bonds. The number of aromatic nitrogens is 2. The van der Waals surface area contributed by atoms with E-state index in [9.17, 15) is 4.79 Å². The fourth-order valence-corrected chi connectivity index (χ4v) is 5.60. The van der Waals surface area contributed by atoms with Gasteiger partial charge >= 0.3 is 0 Å². The van der Waals surface area contributed by atoms with Crippen molar-refractivity contribution in [3.8, 4) is 0 Å². The largest absolute Gasteiger partial charge is 0.353 e. The summed E-state index contributed by atoms with van der Waals surface area (Å²) in [6, 6.07) is 7.83. The van der Waals surface area contributed by atoms with E-state index >= 15 is 0 Å². The molecule has 7 heteroatoms. The second-order valence-electron chi connectivity index (χ2n) is 9.42. The second-order valence-corrected chi connectivity index (χ2v) is 9.86. The molecule has 2 aromatic rings. The highest BCUT2D eigenvalue weighted by atomic mass is 35.5. The van der Waals surface area contributed by atoms with Crippen molar-refractivity contribution in [1.82, 2.24) is 19.8 Å². The first-order valence-corrected chi connectivity index (χ1v) is 12.3.